The predicted molar refractivity (Wildman–Crippen MR) is 99.5 cm³/mol. The van der Waals surface area contributed by atoms with E-state index in [2.05, 4.69) is 40.7 Å². The van der Waals surface area contributed by atoms with Crippen LogP contribution in [0.2, 0.25) is 5.02 Å². The van der Waals surface area contributed by atoms with E-state index in [4.69, 9.17) is 11.6 Å². The third kappa shape index (κ3) is 4.62. The molecule has 2 aliphatic rings. The van der Waals surface area contributed by atoms with Crippen molar-refractivity contribution < 1.29 is 0 Å². The fourth-order valence-electron chi connectivity index (χ4n) is 3.81. The molecule has 0 spiro atoms. The van der Waals surface area contributed by atoms with Gasteiger partial charge in [-0.1, -0.05) is 31.5 Å². The molecule has 4 heteroatoms. The standard InChI is InChI=1S/C19H30ClN3/c1-16(2)14-21-9-11-22(12-10-21)15-17-5-6-18(20)13-19(17)23-7-3-4-8-23/h5-6,13,16H,3-4,7-12,14-15H2,1-2H3. The molecule has 0 aliphatic carbocycles. The molecule has 128 valence electrons. The van der Waals surface area contributed by atoms with Crippen LogP contribution in [-0.4, -0.2) is 55.6 Å². The summed E-state index contributed by atoms with van der Waals surface area (Å²) in [5.74, 6) is 0.764. The van der Waals surface area contributed by atoms with Gasteiger partial charge in [-0.15, -0.1) is 0 Å². The number of piperazine rings is 1. The zero-order valence-electron chi connectivity index (χ0n) is 14.6. The van der Waals surface area contributed by atoms with Gasteiger partial charge in [0.1, 0.15) is 0 Å². The van der Waals surface area contributed by atoms with E-state index in [0.29, 0.717) is 0 Å². The molecule has 2 heterocycles. The van der Waals surface area contributed by atoms with E-state index in [9.17, 15) is 0 Å². The fraction of sp³-hybridized carbons (Fsp3) is 0.684. The molecule has 1 aromatic carbocycles. The molecule has 0 aromatic heterocycles. The molecule has 1 aromatic rings. The van der Waals surface area contributed by atoms with Crippen LogP contribution in [0.4, 0.5) is 5.69 Å². The summed E-state index contributed by atoms with van der Waals surface area (Å²) < 4.78 is 0. The van der Waals surface area contributed by atoms with Crippen LogP contribution in [0.3, 0.4) is 0 Å². The molecule has 0 N–H and O–H groups in total. The Labute approximate surface area is 146 Å². The summed E-state index contributed by atoms with van der Waals surface area (Å²) in [7, 11) is 0. The summed E-state index contributed by atoms with van der Waals surface area (Å²) in [4.78, 5) is 7.71. The first-order chi connectivity index (χ1) is 11.1. The summed E-state index contributed by atoms with van der Waals surface area (Å²) in [5, 5.41) is 0.859. The highest BCUT2D eigenvalue weighted by atomic mass is 35.5. The largest absolute Gasteiger partial charge is 0.371 e. The van der Waals surface area contributed by atoms with Gasteiger partial charge in [0.05, 0.1) is 0 Å². The van der Waals surface area contributed by atoms with Gasteiger partial charge in [-0.25, -0.2) is 0 Å². The second-order valence-corrected chi connectivity index (χ2v) is 7.87. The molecule has 2 aliphatic heterocycles. The van der Waals surface area contributed by atoms with Crippen molar-refractivity contribution in [2.75, 3.05) is 50.7 Å². The summed E-state index contributed by atoms with van der Waals surface area (Å²) in [6.07, 6.45) is 2.61. The number of nitrogens with zero attached hydrogens (tertiary/aromatic N) is 3. The van der Waals surface area contributed by atoms with Crippen LogP contribution >= 0.6 is 11.6 Å². The van der Waals surface area contributed by atoms with Crippen molar-refractivity contribution in [3.63, 3.8) is 0 Å². The molecule has 0 unspecified atom stereocenters. The number of anilines is 1. The molecule has 0 bridgehead atoms. The van der Waals surface area contributed by atoms with E-state index in [0.717, 1.165) is 17.5 Å². The van der Waals surface area contributed by atoms with Crippen molar-refractivity contribution in [2.45, 2.75) is 33.2 Å². The predicted octanol–water partition coefficient (Wildman–Crippen LogP) is 3.71. The molecule has 0 atom stereocenters. The molecule has 0 amide bonds. The molecular formula is C19H30ClN3. The number of hydrogen-bond acceptors (Lipinski definition) is 3. The van der Waals surface area contributed by atoms with Crippen molar-refractivity contribution in [1.82, 2.24) is 9.80 Å². The highest BCUT2D eigenvalue weighted by Crippen LogP contribution is 2.29. The molecule has 3 rings (SSSR count). The Kier molecular flexibility index (Phi) is 5.84. The van der Waals surface area contributed by atoms with Crippen LogP contribution in [0.5, 0.6) is 0 Å². The first-order valence-corrected chi connectivity index (χ1v) is 9.47. The molecule has 23 heavy (non-hydrogen) atoms. The van der Waals surface area contributed by atoms with Crippen LogP contribution in [0, 0.1) is 5.92 Å². The van der Waals surface area contributed by atoms with Gasteiger partial charge in [-0.3, -0.25) is 4.90 Å². The van der Waals surface area contributed by atoms with Crippen LogP contribution in [0.15, 0.2) is 18.2 Å². The minimum Gasteiger partial charge on any atom is -0.371 e. The van der Waals surface area contributed by atoms with Crippen LogP contribution in [-0.2, 0) is 6.54 Å². The van der Waals surface area contributed by atoms with Crippen LogP contribution in [0.1, 0.15) is 32.3 Å². The Morgan fingerprint density at radius 3 is 2.26 bits per heavy atom. The number of hydrogen-bond donors (Lipinski definition) is 0. The average Bonchev–Trinajstić information content (AvgIpc) is 3.04. The first-order valence-electron chi connectivity index (χ1n) is 9.10. The van der Waals surface area contributed by atoms with Gasteiger partial charge >= 0.3 is 0 Å². The maximum Gasteiger partial charge on any atom is 0.0426 e. The third-order valence-electron chi connectivity index (χ3n) is 4.98. The fourth-order valence-corrected chi connectivity index (χ4v) is 3.98. The highest BCUT2D eigenvalue weighted by molar-refractivity contribution is 6.30. The van der Waals surface area contributed by atoms with Crippen LogP contribution in [0.25, 0.3) is 0 Å². The topological polar surface area (TPSA) is 9.72 Å². The van der Waals surface area contributed by atoms with Gasteiger partial charge in [0.25, 0.3) is 0 Å². The van der Waals surface area contributed by atoms with Crippen molar-refractivity contribution in [2.24, 2.45) is 5.92 Å². The van der Waals surface area contributed by atoms with E-state index in [1.54, 1.807) is 0 Å². The first kappa shape index (κ1) is 17.1. The van der Waals surface area contributed by atoms with E-state index < -0.39 is 0 Å². The maximum absolute atomic E-state index is 6.26. The van der Waals surface area contributed by atoms with Gasteiger partial charge in [0.2, 0.25) is 0 Å². The second kappa shape index (κ2) is 7.87. The highest BCUT2D eigenvalue weighted by Gasteiger charge is 2.21. The van der Waals surface area contributed by atoms with Crippen molar-refractivity contribution in [1.29, 1.82) is 0 Å². The minimum absolute atomic E-state index is 0.764. The lowest BCUT2D eigenvalue weighted by molar-refractivity contribution is 0.117. The lowest BCUT2D eigenvalue weighted by Gasteiger charge is -2.36. The normalized spacial score (nSPS) is 20.6. The van der Waals surface area contributed by atoms with Gasteiger partial charge in [0.15, 0.2) is 0 Å². The van der Waals surface area contributed by atoms with Gasteiger partial charge in [-0.2, -0.15) is 0 Å². The van der Waals surface area contributed by atoms with Crippen molar-refractivity contribution in [3.05, 3.63) is 28.8 Å². The molecular weight excluding hydrogens is 306 g/mol. The van der Waals surface area contributed by atoms with E-state index in [-0.39, 0.29) is 0 Å². The molecule has 3 nitrogen and oxygen atoms in total. The lowest BCUT2D eigenvalue weighted by Crippen LogP contribution is -2.47. The SMILES string of the molecule is CC(C)CN1CCN(Cc2ccc(Cl)cc2N2CCCC2)CC1. The summed E-state index contributed by atoms with van der Waals surface area (Å²) in [6, 6.07) is 6.44. The second-order valence-electron chi connectivity index (χ2n) is 7.44. The van der Waals surface area contributed by atoms with Crippen molar-refractivity contribution in [3.8, 4) is 0 Å². The average molecular weight is 336 g/mol. The van der Waals surface area contributed by atoms with Crippen LogP contribution < -0.4 is 4.90 Å². The third-order valence-corrected chi connectivity index (χ3v) is 5.21. The Hall–Kier alpha value is -0.770. The minimum atomic E-state index is 0.764. The molecule has 2 fully saturated rings. The smallest absolute Gasteiger partial charge is 0.0426 e. The summed E-state index contributed by atoms with van der Waals surface area (Å²) in [5.41, 5.74) is 2.80. The lowest BCUT2D eigenvalue weighted by atomic mass is 10.1. The Balaban J connectivity index is 1.62. The Bertz CT molecular complexity index is 503. The number of halogens is 1. The monoisotopic (exact) mass is 335 g/mol. The molecule has 0 saturated carbocycles. The maximum atomic E-state index is 6.26. The number of rotatable bonds is 5. The van der Waals surface area contributed by atoms with E-state index in [1.165, 1.54) is 69.9 Å². The van der Waals surface area contributed by atoms with Crippen molar-refractivity contribution >= 4 is 17.3 Å². The van der Waals surface area contributed by atoms with Gasteiger partial charge < -0.3 is 9.80 Å². The summed E-state index contributed by atoms with van der Waals surface area (Å²) >= 11 is 6.26. The summed E-state index contributed by atoms with van der Waals surface area (Å²) in [6.45, 7) is 14.0. The van der Waals surface area contributed by atoms with E-state index in [1.807, 2.05) is 6.07 Å². The van der Waals surface area contributed by atoms with Gasteiger partial charge in [-0.05, 0) is 36.5 Å². The molecule has 2 saturated heterocycles. The molecule has 0 radical (unpaired) electrons. The zero-order chi connectivity index (χ0) is 16.2. The zero-order valence-corrected chi connectivity index (χ0v) is 15.4. The number of benzene rings is 1. The quantitative estimate of drug-likeness (QED) is 0.812. The Morgan fingerprint density at radius 2 is 1.61 bits per heavy atom. The Morgan fingerprint density at radius 1 is 0.957 bits per heavy atom. The van der Waals surface area contributed by atoms with Gasteiger partial charge in [0, 0.05) is 63.1 Å². The van der Waals surface area contributed by atoms with E-state index >= 15 is 0 Å².